The molecule has 1 aromatic carbocycles. The minimum atomic E-state index is -0.257. The van der Waals surface area contributed by atoms with Crippen LogP contribution in [-0.2, 0) is 9.59 Å². The van der Waals surface area contributed by atoms with Crippen LogP contribution in [0.5, 0.6) is 0 Å². The number of hydrogen-bond acceptors (Lipinski definition) is 2. The van der Waals surface area contributed by atoms with Crippen molar-refractivity contribution in [3.63, 3.8) is 0 Å². The van der Waals surface area contributed by atoms with E-state index < -0.39 is 0 Å². The largest absolute Gasteiger partial charge is 0.282 e. The monoisotopic (exact) mass is 271 g/mol. The average Bonchev–Trinajstić information content (AvgIpc) is 2.77. The molecule has 0 bridgehead atoms. The summed E-state index contributed by atoms with van der Waals surface area (Å²) in [4.78, 5) is 26.2. The summed E-state index contributed by atoms with van der Waals surface area (Å²) in [6.45, 7) is 0.640. The van der Waals surface area contributed by atoms with Crippen LogP contribution in [0.4, 0.5) is 0 Å². The zero-order valence-electron chi connectivity index (χ0n) is 11.8. The maximum atomic E-state index is 12.5. The minimum Gasteiger partial charge on any atom is -0.282 e. The van der Waals surface area contributed by atoms with Gasteiger partial charge in [-0.2, -0.15) is 0 Å². The third-order valence-electron chi connectivity index (χ3n) is 4.61. The van der Waals surface area contributed by atoms with Crippen LogP contribution in [0.2, 0.25) is 0 Å². The summed E-state index contributed by atoms with van der Waals surface area (Å²) in [6.07, 6.45) is 6.44. The summed E-state index contributed by atoms with van der Waals surface area (Å²) >= 11 is 0. The average molecular weight is 271 g/mol. The number of nitrogens with zero attached hydrogens (tertiary/aromatic N) is 1. The van der Waals surface area contributed by atoms with Gasteiger partial charge in [0.2, 0.25) is 11.8 Å². The molecule has 0 unspecified atom stereocenters. The van der Waals surface area contributed by atoms with Crippen LogP contribution in [-0.4, -0.2) is 23.3 Å². The second-order valence-corrected chi connectivity index (χ2v) is 6.01. The van der Waals surface area contributed by atoms with E-state index in [0.29, 0.717) is 18.9 Å². The number of likely N-dealkylation sites (tertiary alicyclic amines) is 1. The minimum absolute atomic E-state index is 0.00627. The second-order valence-electron chi connectivity index (χ2n) is 6.01. The molecule has 1 aliphatic heterocycles. The molecule has 0 radical (unpaired) electrons. The highest BCUT2D eigenvalue weighted by molar-refractivity contribution is 6.06. The molecule has 0 N–H and O–H groups in total. The van der Waals surface area contributed by atoms with Gasteiger partial charge in [-0.05, 0) is 24.3 Å². The van der Waals surface area contributed by atoms with Gasteiger partial charge < -0.3 is 0 Å². The van der Waals surface area contributed by atoms with Gasteiger partial charge in [0.25, 0.3) is 0 Å². The van der Waals surface area contributed by atoms with E-state index in [1.165, 1.54) is 24.2 Å². The Kier molecular flexibility index (Phi) is 3.86. The van der Waals surface area contributed by atoms with E-state index in [0.717, 1.165) is 18.4 Å². The molecule has 0 aromatic heterocycles. The van der Waals surface area contributed by atoms with Crippen LogP contribution >= 0.6 is 0 Å². The molecule has 2 fully saturated rings. The number of carbonyl (C=O) groups is 2. The first kappa shape index (κ1) is 13.3. The summed E-state index contributed by atoms with van der Waals surface area (Å²) < 4.78 is 0. The van der Waals surface area contributed by atoms with Gasteiger partial charge in [0.05, 0.1) is 5.92 Å². The Morgan fingerprint density at radius 2 is 1.70 bits per heavy atom. The Bertz CT molecular complexity index is 491. The first-order valence-electron chi connectivity index (χ1n) is 7.65. The first-order valence-corrected chi connectivity index (χ1v) is 7.65. The van der Waals surface area contributed by atoms with Crippen LogP contribution in [0.1, 0.15) is 50.0 Å². The predicted molar refractivity (Wildman–Crippen MR) is 77.1 cm³/mol. The third-order valence-corrected chi connectivity index (χ3v) is 4.61. The maximum absolute atomic E-state index is 12.5. The predicted octanol–water partition coefficient (Wildman–Crippen LogP) is 3.11. The van der Waals surface area contributed by atoms with Crippen molar-refractivity contribution in [3.8, 4) is 0 Å². The van der Waals surface area contributed by atoms with E-state index in [1.54, 1.807) is 0 Å². The van der Waals surface area contributed by atoms with Gasteiger partial charge in [0.1, 0.15) is 0 Å². The zero-order chi connectivity index (χ0) is 13.9. The molecule has 2 aliphatic rings. The summed E-state index contributed by atoms with van der Waals surface area (Å²) in [5.74, 6) is 0.277. The molecular weight excluding hydrogens is 250 g/mol. The highest BCUT2D eigenvalue weighted by Gasteiger charge is 2.40. The number of imide groups is 1. The summed E-state index contributed by atoms with van der Waals surface area (Å²) in [7, 11) is 0. The normalized spacial score (nSPS) is 24.4. The SMILES string of the molecule is O=C1C[C@@H](c2ccccc2)C(=O)N1CC1CCCCC1. The van der Waals surface area contributed by atoms with Crippen molar-refractivity contribution in [2.75, 3.05) is 6.54 Å². The first-order chi connectivity index (χ1) is 9.75. The van der Waals surface area contributed by atoms with E-state index in [9.17, 15) is 9.59 Å². The molecular formula is C17H21NO2. The van der Waals surface area contributed by atoms with E-state index >= 15 is 0 Å². The van der Waals surface area contributed by atoms with Crippen LogP contribution in [0, 0.1) is 5.92 Å². The van der Waals surface area contributed by atoms with Gasteiger partial charge in [-0.1, -0.05) is 49.6 Å². The Labute approximate surface area is 120 Å². The van der Waals surface area contributed by atoms with Gasteiger partial charge in [-0.3, -0.25) is 14.5 Å². The van der Waals surface area contributed by atoms with E-state index in [-0.39, 0.29) is 17.7 Å². The molecule has 20 heavy (non-hydrogen) atoms. The third kappa shape index (κ3) is 2.62. The molecule has 0 spiro atoms. The number of amides is 2. The van der Waals surface area contributed by atoms with Crippen molar-refractivity contribution in [1.82, 2.24) is 4.90 Å². The molecule has 1 saturated heterocycles. The molecule has 1 atom stereocenters. The number of carbonyl (C=O) groups excluding carboxylic acids is 2. The number of benzene rings is 1. The van der Waals surface area contributed by atoms with Gasteiger partial charge in [0, 0.05) is 13.0 Å². The topological polar surface area (TPSA) is 37.4 Å². The molecule has 1 aromatic rings. The number of hydrogen-bond donors (Lipinski definition) is 0. The fourth-order valence-electron chi connectivity index (χ4n) is 3.45. The fraction of sp³-hybridized carbons (Fsp3) is 0.529. The second kappa shape index (κ2) is 5.78. The highest BCUT2D eigenvalue weighted by Crippen LogP contribution is 2.32. The highest BCUT2D eigenvalue weighted by atomic mass is 16.2. The van der Waals surface area contributed by atoms with Crippen LogP contribution in [0.3, 0.4) is 0 Å². The van der Waals surface area contributed by atoms with Crippen molar-refractivity contribution in [2.45, 2.75) is 44.4 Å². The molecule has 2 amide bonds. The van der Waals surface area contributed by atoms with Crippen LogP contribution < -0.4 is 0 Å². The molecule has 3 rings (SSSR count). The van der Waals surface area contributed by atoms with Gasteiger partial charge >= 0.3 is 0 Å². The Hall–Kier alpha value is -1.64. The molecule has 106 valence electrons. The lowest BCUT2D eigenvalue weighted by Gasteiger charge is -2.26. The van der Waals surface area contributed by atoms with Gasteiger partial charge in [-0.25, -0.2) is 0 Å². The molecule has 1 saturated carbocycles. The molecule has 3 nitrogen and oxygen atoms in total. The van der Waals surface area contributed by atoms with E-state index in [2.05, 4.69) is 0 Å². The molecule has 1 aliphatic carbocycles. The standard InChI is InChI=1S/C17H21NO2/c19-16-11-15(14-9-5-2-6-10-14)17(20)18(16)12-13-7-3-1-4-8-13/h2,5-6,9-10,13,15H,1,3-4,7-8,11-12H2/t15-/m0/s1. The smallest absolute Gasteiger partial charge is 0.237 e. The Morgan fingerprint density at radius 3 is 2.40 bits per heavy atom. The number of rotatable bonds is 3. The van der Waals surface area contributed by atoms with E-state index in [1.807, 2.05) is 30.3 Å². The van der Waals surface area contributed by atoms with Crippen molar-refractivity contribution in [3.05, 3.63) is 35.9 Å². The Balaban J connectivity index is 1.70. The van der Waals surface area contributed by atoms with Crippen molar-refractivity contribution in [1.29, 1.82) is 0 Å². The lowest BCUT2D eigenvalue weighted by molar-refractivity contribution is -0.139. The Morgan fingerprint density at radius 1 is 1.00 bits per heavy atom. The quantitative estimate of drug-likeness (QED) is 0.792. The van der Waals surface area contributed by atoms with E-state index in [4.69, 9.17) is 0 Å². The molecule has 1 heterocycles. The maximum Gasteiger partial charge on any atom is 0.237 e. The van der Waals surface area contributed by atoms with Crippen molar-refractivity contribution >= 4 is 11.8 Å². The van der Waals surface area contributed by atoms with Crippen LogP contribution in [0.15, 0.2) is 30.3 Å². The lowest BCUT2D eigenvalue weighted by Crippen LogP contribution is -2.35. The summed E-state index contributed by atoms with van der Waals surface area (Å²) in [5, 5.41) is 0. The summed E-state index contributed by atoms with van der Waals surface area (Å²) in [6, 6.07) is 9.68. The fourth-order valence-corrected chi connectivity index (χ4v) is 3.45. The lowest BCUT2D eigenvalue weighted by atomic mass is 9.89. The summed E-state index contributed by atoms with van der Waals surface area (Å²) in [5.41, 5.74) is 0.969. The van der Waals surface area contributed by atoms with Gasteiger partial charge in [0.15, 0.2) is 0 Å². The van der Waals surface area contributed by atoms with Crippen LogP contribution in [0.25, 0.3) is 0 Å². The van der Waals surface area contributed by atoms with Gasteiger partial charge in [-0.15, -0.1) is 0 Å². The zero-order valence-corrected chi connectivity index (χ0v) is 11.8. The van der Waals surface area contributed by atoms with Crippen molar-refractivity contribution in [2.24, 2.45) is 5.92 Å². The molecule has 3 heteroatoms. The van der Waals surface area contributed by atoms with Crippen molar-refractivity contribution < 1.29 is 9.59 Å².